The van der Waals surface area contributed by atoms with E-state index in [-0.39, 0.29) is 18.5 Å². The van der Waals surface area contributed by atoms with Gasteiger partial charge < -0.3 is 15.5 Å². The summed E-state index contributed by atoms with van der Waals surface area (Å²) in [5, 5.41) is 23.6. The molecule has 3 N–H and O–H groups in total. The molecule has 0 saturated carbocycles. The summed E-state index contributed by atoms with van der Waals surface area (Å²) in [4.78, 5) is 0. The van der Waals surface area contributed by atoms with E-state index in [1.807, 2.05) is 0 Å². The lowest BCUT2D eigenvalue weighted by molar-refractivity contribution is 0.0121. The van der Waals surface area contributed by atoms with Crippen LogP contribution in [0, 0.1) is 12.7 Å². The summed E-state index contributed by atoms with van der Waals surface area (Å²) in [6.07, 6.45) is 1.44. The third kappa shape index (κ3) is 5.63. The first-order valence-electron chi connectivity index (χ1n) is 8.84. The van der Waals surface area contributed by atoms with Gasteiger partial charge in [-0.05, 0) is 62.9 Å². The van der Waals surface area contributed by atoms with Gasteiger partial charge in [0.05, 0.1) is 5.60 Å². The second kappa shape index (κ2) is 9.09. The average Bonchev–Trinajstić information content (AvgIpc) is 2.61. The van der Waals surface area contributed by atoms with Crippen LogP contribution in [-0.4, -0.2) is 23.4 Å². The molecule has 0 radical (unpaired) electrons. The van der Waals surface area contributed by atoms with Gasteiger partial charge in [-0.1, -0.05) is 42.0 Å². The molecule has 0 amide bonds. The fourth-order valence-corrected chi connectivity index (χ4v) is 3.01. The minimum Gasteiger partial charge on any atom is -0.396 e. The van der Waals surface area contributed by atoms with E-state index in [1.54, 1.807) is 12.1 Å². The molecule has 0 aliphatic heterocycles. The number of rotatable bonds is 9. The lowest BCUT2D eigenvalue weighted by Crippen LogP contribution is -2.32. The molecule has 136 valence electrons. The maximum atomic E-state index is 13.2. The Balaban J connectivity index is 1.99. The van der Waals surface area contributed by atoms with E-state index < -0.39 is 5.60 Å². The highest BCUT2D eigenvalue weighted by Crippen LogP contribution is 2.30. The van der Waals surface area contributed by atoms with E-state index in [2.05, 4.69) is 43.4 Å². The minimum atomic E-state index is -1.07. The Labute approximate surface area is 149 Å². The molecule has 0 saturated heterocycles. The van der Waals surface area contributed by atoms with E-state index in [1.165, 1.54) is 23.3 Å². The summed E-state index contributed by atoms with van der Waals surface area (Å²) < 4.78 is 13.2. The van der Waals surface area contributed by atoms with Crippen LogP contribution in [0.5, 0.6) is 0 Å². The highest BCUT2D eigenvalue weighted by molar-refractivity contribution is 5.24. The molecule has 0 unspecified atom stereocenters. The maximum Gasteiger partial charge on any atom is 0.123 e. The Bertz CT molecular complexity index is 642. The number of aliphatic hydroxyl groups excluding tert-OH is 1. The molecule has 4 heteroatoms. The molecule has 0 aliphatic rings. The lowest BCUT2D eigenvalue weighted by atomic mass is 9.86. The van der Waals surface area contributed by atoms with Gasteiger partial charge in [-0.3, -0.25) is 0 Å². The zero-order valence-corrected chi connectivity index (χ0v) is 15.0. The SMILES string of the molecule is Cc1ccc([C@H](C)NCC[C@](O)(CCCO)c2ccc(F)cc2)cc1. The van der Waals surface area contributed by atoms with Gasteiger partial charge in [0.2, 0.25) is 0 Å². The lowest BCUT2D eigenvalue weighted by Gasteiger charge is -2.29. The molecule has 0 aliphatic carbocycles. The van der Waals surface area contributed by atoms with E-state index in [0.29, 0.717) is 31.4 Å². The van der Waals surface area contributed by atoms with Gasteiger partial charge in [-0.25, -0.2) is 4.39 Å². The topological polar surface area (TPSA) is 52.5 Å². The molecule has 25 heavy (non-hydrogen) atoms. The number of aliphatic hydroxyl groups is 2. The van der Waals surface area contributed by atoms with Gasteiger partial charge >= 0.3 is 0 Å². The molecular formula is C21H28FNO2. The third-order valence-electron chi connectivity index (χ3n) is 4.70. The van der Waals surface area contributed by atoms with Gasteiger partial charge in [0.1, 0.15) is 5.82 Å². The number of hydrogen-bond donors (Lipinski definition) is 3. The van der Waals surface area contributed by atoms with Crippen molar-refractivity contribution in [1.82, 2.24) is 5.32 Å². The van der Waals surface area contributed by atoms with Crippen LogP contribution in [0.4, 0.5) is 4.39 Å². The van der Waals surface area contributed by atoms with Crippen LogP contribution in [0.1, 0.15) is 48.9 Å². The van der Waals surface area contributed by atoms with Crippen LogP contribution in [0.3, 0.4) is 0 Å². The van der Waals surface area contributed by atoms with E-state index in [0.717, 1.165) is 0 Å². The molecule has 2 rings (SSSR count). The summed E-state index contributed by atoms with van der Waals surface area (Å²) >= 11 is 0. The first-order valence-corrected chi connectivity index (χ1v) is 8.84. The summed E-state index contributed by atoms with van der Waals surface area (Å²) in [6.45, 7) is 4.80. The maximum absolute atomic E-state index is 13.2. The number of benzene rings is 2. The van der Waals surface area contributed by atoms with Crippen LogP contribution in [0.25, 0.3) is 0 Å². The standard InChI is InChI=1S/C21H28FNO2/c1-16-4-6-18(7-5-16)17(2)23-14-13-21(25,12-3-15-24)19-8-10-20(22)11-9-19/h4-11,17,23-25H,3,12-15H2,1-2H3/t17-,21+/m0/s1. The van der Waals surface area contributed by atoms with Crippen LogP contribution in [-0.2, 0) is 5.60 Å². The summed E-state index contributed by atoms with van der Waals surface area (Å²) in [7, 11) is 0. The zero-order chi connectivity index (χ0) is 18.3. The van der Waals surface area contributed by atoms with Gasteiger partial charge in [0.25, 0.3) is 0 Å². The molecule has 2 aromatic rings. The smallest absolute Gasteiger partial charge is 0.123 e. The molecule has 0 bridgehead atoms. The Hall–Kier alpha value is -1.75. The molecule has 0 aromatic heterocycles. The summed E-state index contributed by atoms with van der Waals surface area (Å²) in [5.41, 5.74) is 2.04. The summed E-state index contributed by atoms with van der Waals surface area (Å²) in [5.74, 6) is -0.320. The van der Waals surface area contributed by atoms with Crippen molar-refractivity contribution in [2.75, 3.05) is 13.2 Å². The van der Waals surface area contributed by atoms with Crippen molar-refractivity contribution < 1.29 is 14.6 Å². The van der Waals surface area contributed by atoms with Crippen molar-refractivity contribution in [1.29, 1.82) is 0 Å². The van der Waals surface area contributed by atoms with Gasteiger partial charge in [0.15, 0.2) is 0 Å². The van der Waals surface area contributed by atoms with Crippen molar-refractivity contribution in [3.63, 3.8) is 0 Å². The van der Waals surface area contributed by atoms with E-state index in [4.69, 9.17) is 5.11 Å². The fraction of sp³-hybridized carbons (Fsp3) is 0.429. The van der Waals surface area contributed by atoms with Crippen LogP contribution < -0.4 is 5.32 Å². The van der Waals surface area contributed by atoms with Crippen molar-refractivity contribution in [3.8, 4) is 0 Å². The Morgan fingerprint density at radius 3 is 2.28 bits per heavy atom. The van der Waals surface area contributed by atoms with Gasteiger partial charge in [-0.15, -0.1) is 0 Å². The Kier molecular flexibility index (Phi) is 7.12. The first kappa shape index (κ1) is 19.6. The highest BCUT2D eigenvalue weighted by atomic mass is 19.1. The van der Waals surface area contributed by atoms with Crippen LogP contribution in [0.15, 0.2) is 48.5 Å². The predicted octanol–water partition coefficient (Wildman–Crippen LogP) is 3.84. The first-order chi connectivity index (χ1) is 11.9. The fourth-order valence-electron chi connectivity index (χ4n) is 3.01. The third-order valence-corrected chi connectivity index (χ3v) is 4.70. The molecule has 0 fully saturated rings. The number of aryl methyl sites for hydroxylation is 1. The molecule has 3 nitrogen and oxygen atoms in total. The highest BCUT2D eigenvalue weighted by Gasteiger charge is 2.28. The predicted molar refractivity (Wildman–Crippen MR) is 98.8 cm³/mol. The van der Waals surface area contributed by atoms with Gasteiger partial charge in [0, 0.05) is 12.6 Å². The van der Waals surface area contributed by atoms with E-state index >= 15 is 0 Å². The summed E-state index contributed by atoms with van der Waals surface area (Å²) in [6, 6.07) is 14.5. The van der Waals surface area contributed by atoms with Crippen molar-refractivity contribution in [2.45, 2.75) is 44.8 Å². The molecular weight excluding hydrogens is 317 g/mol. The monoisotopic (exact) mass is 345 g/mol. The Morgan fingerprint density at radius 2 is 1.68 bits per heavy atom. The molecule has 2 aromatic carbocycles. The molecule has 2 atom stereocenters. The number of hydrogen-bond acceptors (Lipinski definition) is 3. The quantitative estimate of drug-likeness (QED) is 0.647. The van der Waals surface area contributed by atoms with Crippen LogP contribution in [0.2, 0.25) is 0 Å². The van der Waals surface area contributed by atoms with Gasteiger partial charge in [-0.2, -0.15) is 0 Å². The second-order valence-electron chi connectivity index (χ2n) is 6.70. The Morgan fingerprint density at radius 1 is 1.04 bits per heavy atom. The molecule has 0 spiro atoms. The van der Waals surface area contributed by atoms with Crippen molar-refractivity contribution >= 4 is 0 Å². The van der Waals surface area contributed by atoms with Crippen molar-refractivity contribution in [3.05, 3.63) is 71.0 Å². The van der Waals surface area contributed by atoms with E-state index in [9.17, 15) is 9.50 Å². The van der Waals surface area contributed by atoms with Crippen LogP contribution >= 0.6 is 0 Å². The number of nitrogens with one attached hydrogen (secondary N) is 1. The normalized spacial score (nSPS) is 14.9. The second-order valence-corrected chi connectivity index (χ2v) is 6.70. The average molecular weight is 345 g/mol. The van der Waals surface area contributed by atoms with Crippen molar-refractivity contribution in [2.24, 2.45) is 0 Å². The zero-order valence-electron chi connectivity index (χ0n) is 15.0. The number of halogens is 1. The largest absolute Gasteiger partial charge is 0.396 e. The minimum absolute atomic E-state index is 0.0245. The molecule has 0 heterocycles.